The first-order chi connectivity index (χ1) is 15.6. The van der Waals surface area contributed by atoms with Gasteiger partial charge in [0.15, 0.2) is 11.2 Å². The number of carbonyl (C=O) groups excluding carboxylic acids is 1. The van der Waals surface area contributed by atoms with Crippen molar-refractivity contribution >= 4 is 23.1 Å². The van der Waals surface area contributed by atoms with E-state index < -0.39 is 5.97 Å². The van der Waals surface area contributed by atoms with Gasteiger partial charge in [-0.3, -0.25) is 0 Å². The van der Waals surface area contributed by atoms with E-state index in [-0.39, 0.29) is 5.82 Å². The van der Waals surface area contributed by atoms with Crippen LogP contribution in [0.5, 0.6) is 5.88 Å². The fourth-order valence-corrected chi connectivity index (χ4v) is 3.02. The van der Waals surface area contributed by atoms with Gasteiger partial charge >= 0.3 is 5.97 Å². The minimum absolute atomic E-state index is 0.291. The van der Waals surface area contributed by atoms with Crippen molar-refractivity contribution in [2.75, 3.05) is 19.0 Å². The third-order valence-electron chi connectivity index (χ3n) is 4.62. The monoisotopic (exact) mass is 433 g/mol. The van der Waals surface area contributed by atoms with Gasteiger partial charge in [0.2, 0.25) is 11.8 Å². The molecule has 4 rings (SSSR count). The lowest BCUT2D eigenvalue weighted by atomic mass is 10.1. The lowest BCUT2D eigenvalue weighted by Gasteiger charge is -2.10. The molecule has 2 heterocycles. The quantitative estimate of drug-likeness (QED) is 0.436. The molecule has 0 unspecified atom stereocenters. The number of esters is 1. The Bertz CT molecular complexity index is 1250. The topological polar surface area (TPSA) is 99.1 Å². The summed E-state index contributed by atoms with van der Waals surface area (Å²) in [6, 6.07) is 13.0. The molecule has 0 aliphatic carbocycles. The van der Waals surface area contributed by atoms with Crippen LogP contribution in [0.25, 0.3) is 22.4 Å². The molecular formula is C23H20FN5O3. The normalized spacial score (nSPS) is 10.7. The molecule has 0 aliphatic rings. The summed E-state index contributed by atoms with van der Waals surface area (Å²) >= 11 is 0. The molecule has 0 aliphatic heterocycles. The maximum absolute atomic E-state index is 13.1. The van der Waals surface area contributed by atoms with Gasteiger partial charge in [0.1, 0.15) is 5.82 Å². The number of nitrogens with one attached hydrogen (secondary N) is 1. The molecule has 0 fully saturated rings. The molecule has 0 spiro atoms. The third kappa shape index (κ3) is 4.61. The summed E-state index contributed by atoms with van der Waals surface area (Å²) in [6.07, 6.45) is 1.60. The van der Waals surface area contributed by atoms with Crippen molar-refractivity contribution in [3.63, 3.8) is 0 Å². The van der Waals surface area contributed by atoms with E-state index in [0.29, 0.717) is 47.4 Å². The molecule has 2 aromatic carbocycles. The molecule has 0 amide bonds. The Hall–Kier alpha value is -4.14. The molecule has 0 saturated carbocycles. The van der Waals surface area contributed by atoms with Crippen LogP contribution in [0.15, 0.2) is 54.7 Å². The molecule has 4 aromatic rings. The van der Waals surface area contributed by atoms with Crippen LogP contribution >= 0.6 is 0 Å². The Balaban J connectivity index is 1.63. The van der Waals surface area contributed by atoms with Crippen LogP contribution in [-0.2, 0) is 11.3 Å². The second-order valence-electron chi connectivity index (χ2n) is 6.76. The summed E-state index contributed by atoms with van der Waals surface area (Å²) in [5, 5.41) is 3.10. The minimum Gasteiger partial charge on any atom is -0.476 e. The maximum atomic E-state index is 13.1. The lowest BCUT2D eigenvalue weighted by molar-refractivity contribution is 0.0600. The van der Waals surface area contributed by atoms with Crippen LogP contribution in [0.3, 0.4) is 0 Å². The number of halogens is 1. The molecule has 0 atom stereocenters. The second kappa shape index (κ2) is 9.34. The lowest BCUT2D eigenvalue weighted by Crippen LogP contribution is -2.07. The molecule has 9 heteroatoms. The van der Waals surface area contributed by atoms with Gasteiger partial charge in [0.25, 0.3) is 0 Å². The number of fused-ring (bicyclic) bond motifs is 1. The first kappa shape index (κ1) is 21.1. The summed E-state index contributed by atoms with van der Waals surface area (Å²) in [5.41, 5.74) is 3.48. The highest BCUT2D eigenvalue weighted by Crippen LogP contribution is 2.25. The Morgan fingerprint density at radius 3 is 2.47 bits per heavy atom. The van der Waals surface area contributed by atoms with Gasteiger partial charge in [-0.05, 0) is 36.8 Å². The number of methoxy groups -OCH3 is 1. The zero-order chi connectivity index (χ0) is 22.5. The standard InChI is InChI=1S/C23H20FN5O3/c1-3-32-21-19-20(28-23(29-21)26-12-14-4-10-17(24)11-5-14)25-13-18(27-19)15-6-8-16(9-7-15)22(30)31-2/h4-11,13H,3,12H2,1-2H3,(H,25,26,28,29). The number of rotatable bonds is 7. The van der Waals surface area contributed by atoms with Gasteiger partial charge < -0.3 is 14.8 Å². The zero-order valence-electron chi connectivity index (χ0n) is 17.5. The first-order valence-corrected chi connectivity index (χ1v) is 9.92. The van der Waals surface area contributed by atoms with Crippen molar-refractivity contribution in [3.8, 4) is 17.1 Å². The van der Waals surface area contributed by atoms with E-state index in [4.69, 9.17) is 9.47 Å². The smallest absolute Gasteiger partial charge is 0.337 e. The van der Waals surface area contributed by atoms with E-state index in [1.807, 2.05) is 6.92 Å². The number of hydrogen-bond donors (Lipinski definition) is 1. The third-order valence-corrected chi connectivity index (χ3v) is 4.62. The Labute approximate surface area is 183 Å². The predicted octanol–water partition coefficient (Wildman–Crippen LogP) is 4.02. The highest BCUT2D eigenvalue weighted by atomic mass is 19.1. The van der Waals surface area contributed by atoms with E-state index in [1.165, 1.54) is 19.2 Å². The van der Waals surface area contributed by atoms with Crippen molar-refractivity contribution in [2.24, 2.45) is 0 Å². The number of aromatic nitrogens is 4. The number of benzene rings is 2. The van der Waals surface area contributed by atoms with Crippen molar-refractivity contribution in [2.45, 2.75) is 13.5 Å². The van der Waals surface area contributed by atoms with E-state index in [0.717, 1.165) is 11.1 Å². The van der Waals surface area contributed by atoms with Crippen molar-refractivity contribution < 1.29 is 18.7 Å². The van der Waals surface area contributed by atoms with Crippen LogP contribution in [-0.4, -0.2) is 39.6 Å². The molecule has 0 saturated heterocycles. The van der Waals surface area contributed by atoms with E-state index >= 15 is 0 Å². The summed E-state index contributed by atoms with van der Waals surface area (Å²) in [5.74, 6) is -0.0661. The Morgan fingerprint density at radius 1 is 1.03 bits per heavy atom. The summed E-state index contributed by atoms with van der Waals surface area (Å²) in [7, 11) is 1.34. The molecule has 32 heavy (non-hydrogen) atoms. The first-order valence-electron chi connectivity index (χ1n) is 9.92. The van der Waals surface area contributed by atoms with Gasteiger partial charge in [0, 0.05) is 12.1 Å². The van der Waals surface area contributed by atoms with E-state index in [1.54, 1.807) is 42.6 Å². The second-order valence-corrected chi connectivity index (χ2v) is 6.76. The van der Waals surface area contributed by atoms with Gasteiger partial charge in [0.05, 0.1) is 31.2 Å². The highest BCUT2D eigenvalue weighted by Gasteiger charge is 2.14. The molecule has 8 nitrogen and oxygen atoms in total. The SMILES string of the molecule is CCOc1nc(NCc2ccc(F)cc2)nc2ncc(-c3ccc(C(=O)OC)cc3)nc12. The molecule has 0 bridgehead atoms. The molecule has 162 valence electrons. The van der Waals surface area contributed by atoms with Crippen molar-refractivity contribution in [1.29, 1.82) is 0 Å². The summed E-state index contributed by atoms with van der Waals surface area (Å²) in [6.45, 7) is 2.65. The van der Waals surface area contributed by atoms with Crippen LogP contribution in [0.4, 0.5) is 10.3 Å². The molecule has 2 aromatic heterocycles. The molecule has 0 radical (unpaired) electrons. The van der Waals surface area contributed by atoms with Gasteiger partial charge in [-0.15, -0.1) is 0 Å². The Morgan fingerprint density at radius 2 is 1.78 bits per heavy atom. The van der Waals surface area contributed by atoms with Crippen LogP contribution in [0, 0.1) is 5.82 Å². The fourth-order valence-electron chi connectivity index (χ4n) is 3.02. The van der Waals surface area contributed by atoms with Gasteiger partial charge in [-0.2, -0.15) is 9.97 Å². The summed E-state index contributed by atoms with van der Waals surface area (Å²) in [4.78, 5) is 29.5. The number of anilines is 1. The van der Waals surface area contributed by atoms with Crippen LogP contribution < -0.4 is 10.1 Å². The number of ether oxygens (including phenoxy) is 2. The predicted molar refractivity (Wildman–Crippen MR) is 117 cm³/mol. The van der Waals surface area contributed by atoms with Gasteiger partial charge in [-0.25, -0.2) is 19.2 Å². The average molecular weight is 433 g/mol. The fraction of sp³-hybridized carbons (Fsp3) is 0.174. The highest BCUT2D eigenvalue weighted by molar-refractivity contribution is 5.90. The van der Waals surface area contributed by atoms with Crippen molar-refractivity contribution in [3.05, 3.63) is 71.7 Å². The maximum Gasteiger partial charge on any atom is 0.337 e. The van der Waals surface area contributed by atoms with Gasteiger partial charge in [-0.1, -0.05) is 24.3 Å². The van der Waals surface area contributed by atoms with E-state index in [2.05, 4.69) is 25.3 Å². The average Bonchev–Trinajstić information content (AvgIpc) is 2.83. The number of nitrogens with zero attached hydrogens (tertiary/aromatic N) is 4. The van der Waals surface area contributed by atoms with Crippen molar-refractivity contribution in [1.82, 2.24) is 19.9 Å². The largest absolute Gasteiger partial charge is 0.476 e. The van der Waals surface area contributed by atoms with Crippen LogP contribution in [0.1, 0.15) is 22.8 Å². The molecular weight excluding hydrogens is 413 g/mol. The number of hydrogen-bond acceptors (Lipinski definition) is 8. The number of carbonyl (C=O) groups is 1. The Kier molecular flexibility index (Phi) is 6.16. The minimum atomic E-state index is -0.408. The van der Waals surface area contributed by atoms with E-state index in [9.17, 15) is 9.18 Å². The molecule has 1 N–H and O–H groups in total. The summed E-state index contributed by atoms with van der Waals surface area (Å²) < 4.78 is 23.5. The zero-order valence-corrected chi connectivity index (χ0v) is 17.5. The van der Waals surface area contributed by atoms with Crippen LogP contribution in [0.2, 0.25) is 0 Å².